The third-order valence-electron chi connectivity index (χ3n) is 6.80. The standard InChI is InChI=1S/C22H28O4/c1-12(2)13-6-7-16-19(20(13)25-5)18(24-4)10-17-15-11-26-21(23)14(15)8-9-22(16,17)3/h6-7,12,17-18H,8-11H2,1-5H3/t17-,18?,22-/m1/s1. The number of benzene rings is 1. The van der Waals surface area contributed by atoms with Gasteiger partial charge in [-0.15, -0.1) is 0 Å². The first-order valence-corrected chi connectivity index (χ1v) is 9.55. The Morgan fingerprint density at radius 3 is 2.69 bits per heavy atom. The molecular formula is C22H28O4. The van der Waals surface area contributed by atoms with Crippen molar-refractivity contribution in [2.24, 2.45) is 5.92 Å². The van der Waals surface area contributed by atoms with Gasteiger partial charge in [-0.1, -0.05) is 32.9 Å². The Balaban J connectivity index is 1.92. The van der Waals surface area contributed by atoms with Crippen LogP contribution in [0.2, 0.25) is 0 Å². The molecule has 0 spiro atoms. The van der Waals surface area contributed by atoms with Gasteiger partial charge in [0.2, 0.25) is 0 Å². The molecular weight excluding hydrogens is 328 g/mol. The molecule has 1 heterocycles. The van der Waals surface area contributed by atoms with Gasteiger partial charge in [0.15, 0.2) is 0 Å². The zero-order valence-corrected chi connectivity index (χ0v) is 16.3. The minimum atomic E-state index is -0.116. The quantitative estimate of drug-likeness (QED) is 0.752. The number of fused-ring (bicyclic) bond motifs is 4. The van der Waals surface area contributed by atoms with Crippen molar-refractivity contribution < 1.29 is 19.0 Å². The molecule has 0 bridgehead atoms. The summed E-state index contributed by atoms with van der Waals surface area (Å²) in [6, 6.07) is 4.48. The third-order valence-corrected chi connectivity index (χ3v) is 6.80. The molecule has 1 aromatic carbocycles. The van der Waals surface area contributed by atoms with E-state index in [1.807, 2.05) is 0 Å². The van der Waals surface area contributed by atoms with Gasteiger partial charge in [-0.25, -0.2) is 4.79 Å². The predicted molar refractivity (Wildman–Crippen MR) is 99.5 cm³/mol. The van der Waals surface area contributed by atoms with Gasteiger partial charge in [0, 0.05) is 23.7 Å². The fraction of sp³-hybridized carbons (Fsp3) is 0.591. The second-order valence-electron chi connectivity index (χ2n) is 8.31. The van der Waals surface area contributed by atoms with Crippen LogP contribution in [0.3, 0.4) is 0 Å². The highest BCUT2D eigenvalue weighted by atomic mass is 16.5. The van der Waals surface area contributed by atoms with E-state index in [9.17, 15) is 4.79 Å². The topological polar surface area (TPSA) is 44.8 Å². The minimum absolute atomic E-state index is 0.0139. The van der Waals surface area contributed by atoms with Gasteiger partial charge in [-0.05, 0) is 47.8 Å². The highest BCUT2D eigenvalue weighted by molar-refractivity contribution is 5.92. The Bertz CT molecular complexity index is 792. The van der Waals surface area contributed by atoms with E-state index in [2.05, 4.69) is 32.9 Å². The maximum atomic E-state index is 12.1. The van der Waals surface area contributed by atoms with E-state index in [1.54, 1.807) is 14.2 Å². The molecule has 4 rings (SSSR count). The van der Waals surface area contributed by atoms with E-state index in [0.717, 1.165) is 30.6 Å². The molecule has 0 aromatic heterocycles. The second-order valence-corrected chi connectivity index (χ2v) is 8.31. The summed E-state index contributed by atoms with van der Waals surface area (Å²) in [5.74, 6) is 1.53. The average Bonchev–Trinajstić information content (AvgIpc) is 3.01. The third kappa shape index (κ3) is 2.27. The van der Waals surface area contributed by atoms with E-state index in [4.69, 9.17) is 14.2 Å². The summed E-state index contributed by atoms with van der Waals surface area (Å²) < 4.78 is 17.2. The van der Waals surface area contributed by atoms with Gasteiger partial charge in [0.1, 0.15) is 12.4 Å². The van der Waals surface area contributed by atoms with Crippen LogP contribution in [0.15, 0.2) is 23.3 Å². The predicted octanol–water partition coefficient (Wildman–Crippen LogP) is 4.43. The molecule has 1 unspecified atom stereocenters. The summed E-state index contributed by atoms with van der Waals surface area (Å²) in [5, 5.41) is 0. The highest BCUT2D eigenvalue weighted by Gasteiger charge is 2.51. The number of carbonyl (C=O) groups excluding carboxylic acids is 1. The summed E-state index contributed by atoms with van der Waals surface area (Å²) in [4.78, 5) is 12.1. The van der Waals surface area contributed by atoms with Crippen molar-refractivity contribution >= 4 is 5.97 Å². The van der Waals surface area contributed by atoms with E-state index in [0.29, 0.717) is 12.5 Å². The van der Waals surface area contributed by atoms with Gasteiger partial charge < -0.3 is 14.2 Å². The van der Waals surface area contributed by atoms with E-state index < -0.39 is 0 Å². The number of rotatable bonds is 3. The van der Waals surface area contributed by atoms with Crippen LogP contribution < -0.4 is 4.74 Å². The molecule has 26 heavy (non-hydrogen) atoms. The Labute approximate surface area is 155 Å². The number of carbonyl (C=O) groups is 1. The minimum Gasteiger partial charge on any atom is -0.496 e. The lowest BCUT2D eigenvalue weighted by atomic mass is 9.56. The van der Waals surface area contributed by atoms with E-state index in [1.165, 1.54) is 22.3 Å². The van der Waals surface area contributed by atoms with Crippen LogP contribution in [-0.2, 0) is 19.7 Å². The van der Waals surface area contributed by atoms with Crippen LogP contribution in [0.4, 0.5) is 0 Å². The largest absolute Gasteiger partial charge is 0.496 e. The molecule has 2 aliphatic carbocycles. The van der Waals surface area contributed by atoms with Crippen LogP contribution in [-0.4, -0.2) is 26.8 Å². The SMILES string of the molecule is COc1c(C(C)C)ccc2c1C(OC)C[C@@H]1C3=C(CC[C@]21C)C(=O)OC3. The monoisotopic (exact) mass is 356 g/mol. The number of ether oxygens (including phenoxy) is 3. The molecule has 0 amide bonds. The maximum absolute atomic E-state index is 12.1. The van der Waals surface area contributed by atoms with Gasteiger partial charge >= 0.3 is 5.97 Å². The molecule has 0 saturated carbocycles. The van der Waals surface area contributed by atoms with Crippen molar-refractivity contribution in [2.75, 3.05) is 20.8 Å². The Hall–Kier alpha value is -1.81. The van der Waals surface area contributed by atoms with Crippen LogP contribution in [0.5, 0.6) is 5.75 Å². The van der Waals surface area contributed by atoms with Gasteiger partial charge in [0.05, 0.1) is 13.2 Å². The lowest BCUT2D eigenvalue weighted by Crippen LogP contribution is -2.42. The Morgan fingerprint density at radius 1 is 1.27 bits per heavy atom. The normalized spacial score (nSPS) is 30.0. The molecule has 4 nitrogen and oxygen atoms in total. The molecule has 0 N–H and O–H groups in total. The van der Waals surface area contributed by atoms with Gasteiger partial charge in [0.25, 0.3) is 0 Å². The van der Waals surface area contributed by atoms with Crippen molar-refractivity contribution in [3.05, 3.63) is 40.0 Å². The van der Waals surface area contributed by atoms with Crippen molar-refractivity contribution in [3.63, 3.8) is 0 Å². The number of hydrogen-bond acceptors (Lipinski definition) is 4. The number of methoxy groups -OCH3 is 2. The van der Waals surface area contributed by atoms with E-state index >= 15 is 0 Å². The fourth-order valence-corrected chi connectivity index (χ4v) is 5.35. The van der Waals surface area contributed by atoms with Crippen molar-refractivity contribution in [1.29, 1.82) is 0 Å². The van der Waals surface area contributed by atoms with Crippen LogP contribution in [0.1, 0.15) is 68.7 Å². The molecule has 3 aliphatic rings. The molecule has 140 valence electrons. The number of cyclic esters (lactones) is 1. The Morgan fingerprint density at radius 2 is 2.04 bits per heavy atom. The van der Waals surface area contributed by atoms with Crippen molar-refractivity contribution in [1.82, 2.24) is 0 Å². The fourth-order valence-electron chi connectivity index (χ4n) is 5.35. The summed E-state index contributed by atoms with van der Waals surface area (Å²) >= 11 is 0. The lowest BCUT2D eigenvalue weighted by molar-refractivity contribution is -0.136. The molecule has 0 fully saturated rings. The van der Waals surface area contributed by atoms with E-state index in [-0.39, 0.29) is 23.4 Å². The number of hydrogen-bond donors (Lipinski definition) is 0. The molecule has 1 aliphatic heterocycles. The zero-order chi connectivity index (χ0) is 18.6. The first kappa shape index (κ1) is 17.6. The van der Waals surface area contributed by atoms with Crippen molar-refractivity contribution in [2.45, 2.75) is 57.5 Å². The molecule has 3 atom stereocenters. The lowest BCUT2D eigenvalue weighted by Gasteiger charge is -2.49. The van der Waals surface area contributed by atoms with Crippen LogP contribution in [0.25, 0.3) is 0 Å². The second kappa shape index (κ2) is 6.12. The molecule has 1 aromatic rings. The zero-order valence-electron chi connectivity index (χ0n) is 16.3. The van der Waals surface area contributed by atoms with Crippen LogP contribution >= 0.6 is 0 Å². The first-order chi connectivity index (χ1) is 12.4. The molecule has 4 heteroatoms. The summed E-state index contributed by atoms with van der Waals surface area (Å²) in [6.45, 7) is 7.17. The van der Waals surface area contributed by atoms with Crippen LogP contribution in [0, 0.1) is 5.92 Å². The van der Waals surface area contributed by atoms with Crippen molar-refractivity contribution in [3.8, 4) is 5.75 Å². The van der Waals surface area contributed by atoms with Gasteiger partial charge in [-0.3, -0.25) is 0 Å². The summed E-state index contributed by atoms with van der Waals surface area (Å²) in [7, 11) is 3.53. The summed E-state index contributed by atoms with van der Waals surface area (Å²) in [5.41, 5.74) is 5.84. The van der Waals surface area contributed by atoms with Gasteiger partial charge in [-0.2, -0.15) is 0 Å². The maximum Gasteiger partial charge on any atom is 0.334 e. The first-order valence-electron chi connectivity index (χ1n) is 9.55. The average molecular weight is 356 g/mol. The molecule has 0 saturated heterocycles. The highest BCUT2D eigenvalue weighted by Crippen LogP contribution is 2.58. The number of esters is 1. The molecule has 0 radical (unpaired) electrons. The summed E-state index contributed by atoms with van der Waals surface area (Å²) in [6.07, 6.45) is 2.60. The smallest absolute Gasteiger partial charge is 0.334 e. The Kier molecular flexibility index (Phi) is 4.14.